The zero-order valence-corrected chi connectivity index (χ0v) is 14.4. The summed E-state index contributed by atoms with van der Waals surface area (Å²) < 4.78 is 5.55. The third kappa shape index (κ3) is 3.44. The minimum absolute atomic E-state index is 0.00426. The number of hydrogen-bond acceptors (Lipinski definition) is 4. The van der Waals surface area contributed by atoms with Crippen molar-refractivity contribution >= 4 is 40.9 Å². The maximum absolute atomic E-state index is 12.9. The highest BCUT2D eigenvalue weighted by Crippen LogP contribution is 2.25. The van der Waals surface area contributed by atoms with Crippen LogP contribution in [0.4, 0.5) is 5.69 Å². The van der Waals surface area contributed by atoms with Gasteiger partial charge in [-0.2, -0.15) is 0 Å². The largest absolute Gasteiger partial charge is 0.493 e. The molecule has 126 valence electrons. The lowest BCUT2D eigenvalue weighted by atomic mass is 10.1. The van der Waals surface area contributed by atoms with Crippen LogP contribution in [-0.4, -0.2) is 23.5 Å². The lowest BCUT2D eigenvalue weighted by molar-refractivity contribution is -0.122. The molecule has 6 heteroatoms. The fraction of sp³-hybridized carbons (Fsp3) is 0.105. The lowest BCUT2D eigenvalue weighted by Crippen LogP contribution is -2.54. The Hall–Kier alpha value is -2.99. The van der Waals surface area contributed by atoms with Gasteiger partial charge >= 0.3 is 0 Å². The van der Waals surface area contributed by atoms with Gasteiger partial charge < -0.3 is 4.74 Å². The van der Waals surface area contributed by atoms with Crippen LogP contribution in [0.3, 0.4) is 0 Å². The predicted octanol–water partition coefficient (Wildman–Crippen LogP) is 2.92. The summed E-state index contributed by atoms with van der Waals surface area (Å²) in [6, 6.07) is 16.2. The Balaban J connectivity index is 2.02. The average Bonchev–Trinajstić information content (AvgIpc) is 2.61. The molecule has 1 aliphatic rings. The highest BCUT2D eigenvalue weighted by Gasteiger charge is 2.34. The van der Waals surface area contributed by atoms with Crippen molar-refractivity contribution in [3.8, 4) is 5.75 Å². The summed E-state index contributed by atoms with van der Waals surface area (Å²) in [5.41, 5.74) is 1.26. The third-order valence-electron chi connectivity index (χ3n) is 3.63. The molecule has 0 unspecified atom stereocenters. The van der Waals surface area contributed by atoms with Crippen molar-refractivity contribution in [2.75, 3.05) is 11.5 Å². The number of ether oxygens (including phenoxy) is 1. The SMILES string of the molecule is CCOc1ccccc1C=C1C(=O)NC(=S)N(c2ccccc2)C1=O. The van der Waals surface area contributed by atoms with Gasteiger partial charge in [-0.25, -0.2) is 0 Å². The molecular formula is C19H16N2O3S. The van der Waals surface area contributed by atoms with E-state index in [2.05, 4.69) is 5.32 Å². The van der Waals surface area contributed by atoms with E-state index < -0.39 is 11.8 Å². The number of benzene rings is 2. The van der Waals surface area contributed by atoms with Gasteiger partial charge in [-0.15, -0.1) is 0 Å². The molecule has 1 saturated heterocycles. The lowest BCUT2D eigenvalue weighted by Gasteiger charge is -2.28. The van der Waals surface area contributed by atoms with Crippen LogP contribution in [0, 0.1) is 0 Å². The van der Waals surface area contributed by atoms with Crippen LogP contribution >= 0.6 is 12.2 Å². The van der Waals surface area contributed by atoms with Crippen molar-refractivity contribution in [2.24, 2.45) is 0 Å². The Kier molecular flexibility index (Phi) is 4.90. The Labute approximate surface area is 150 Å². The number of amides is 2. The Morgan fingerprint density at radius 2 is 1.76 bits per heavy atom. The van der Waals surface area contributed by atoms with E-state index in [1.165, 1.54) is 11.0 Å². The van der Waals surface area contributed by atoms with Crippen LogP contribution in [0.15, 0.2) is 60.2 Å². The van der Waals surface area contributed by atoms with Crippen LogP contribution in [0.1, 0.15) is 12.5 Å². The molecule has 25 heavy (non-hydrogen) atoms. The first kappa shape index (κ1) is 16.9. The summed E-state index contributed by atoms with van der Waals surface area (Å²) >= 11 is 5.17. The molecule has 0 atom stereocenters. The number of nitrogens with zero attached hydrogens (tertiary/aromatic N) is 1. The van der Waals surface area contributed by atoms with Crippen molar-refractivity contribution in [3.05, 3.63) is 65.7 Å². The predicted molar refractivity (Wildman–Crippen MR) is 100 cm³/mol. The molecule has 3 rings (SSSR count). The minimum Gasteiger partial charge on any atom is -0.493 e. The standard InChI is InChI=1S/C19H16N2O3S/c1-2-24-16-11-7-6-8-13(16)12-15-17(22)20-19(25)21(18(15)23)14-9-4-3-5-10-14/h3-12H,2H2,1H3,(H,20,22,25). The summed E-state index contributed by atoms with van der Waals surface area (Å²) in [7, 11) is 0. The molecular weight excluding hydrogens is 336 g/mol. The van der Waals surface area contributed by atoms with Crippen LogP contribution in [0.25, 0.3) is 6.08 Å². The zero-order chi connectivity index (χ0) is 17.8. The molecule has 0 bridgehead atoms. The Morgan fingerprint density at radius 3 is 2.48 bits per heavy atom. The first-order valence-electron chi connectivity index (χ1n) is 7.80. The van der Waals surface area contributed by atoms with E-state index in [0.29, 0.717) is 23.6 Å². The molecule has 2 aromatic rings. The first-order valence-corrected chi connectivity index (χ1v) is 8.21. The fourth-order valence-corrected chi connectivity index (χ4v) is 2.79. The zero-order valence-electron chi connectivity index (χ0n) is 13.6. The molecule has 2 amide bonds. The van der Waals surface area contributed by atoms with Crippen LogP contribution in [0.2, 0.25) is 0 Å². The van der Waals surface area contributed by atoms with Gasteiger partial charge in [-0.05, 0) is 43.4 Å². The van der Waals surface area contributed by atoms with E-state index in [9.17, 15) is 9.59 Å². The number of nitrogens with one attached hydrogen (secondary N) is 1. The number of hydrogen-bond donors (Lipinski definition) is 1. The minimum atomic E-state index is -0.520. The molecule has 5 nitrogen and oxygen atoms in total. The molecule has 2 aromatic carbocycles. The quantitative estimate of drug-likeness (QED) is 0.522. The van der Waals surface area contributed by atoms with E-state index in [0.717, 1.165) is 0 Å². The van der Waals surface area contributed by atoms with Crippen molar-refractivity contribution in [3.63, 3.8) is 0 Å². The summed E-state index contributed by atoms with van der Waals surface area (Å²) in [4.78, 5) is 26.5. The van der Waals surface area contributed by atoms with Gasteiger partial charge in [-0.1, -0.05) is 36.4 Å². The van der Waals surface area contributed by atoms with E-state index in [-0.39, 0.29) is 10.7 Å². The summed E-state index contributed by atoms with van der Waals surface area (Å²) in [6.45, 7) is 2.36. The number of rotatable bonds is 4. The normalized spacial score (nSPS) is 16.1. The van der Waals surface area contributed by atoms with Crippen molar-refractivity contribution in [1.82, 2.24) is 5.32 Å². The topological polar surface area (TPSA) is 58.6 Å². The molecule has 0 aliphatic carbocycles. The highest BCUT2D eigenvalue weighted by molar-refractivity contribution is 7.80. The fourth-order valence-electron chi connectivity index (χ4n) is 2.51. The van der Waals surface area contributed by atoms with Gasteiger partial charge in [0.15, 0.2) is 5.11 Å². The van der Waals surface area contributed by atoms with E-state index in [1.807, 2.05) is 25.1 Å². The average molecular weight is 352 g/mol. The highest BCUT2D eigenvalue weighted by atomic mass is 32.1. The number of thiocarbonyl (C=S) groups is 1. The monoisotopic (exact) mass is 352 g/mol. The van der Waals surface area contributed by atoms with Gasteiger partial charge in [-0.3, -0.25) is 19.8 Å². The summed E-state index contributed by atoms with van der Waals surface area (Å²) in [5, 5.41) is 2.63. The Morgan fingerprint density at radius 1 is 1.08 bits per heavy atom. The molecule has 0 aromatic heterocycles. The number of para-hydroxylation sites is 2. The van der Waals surface area contributed by atoms with Crippen LogP contribution in [-0.2, 0) is 9.59 Å². The van der Waals surface area contributed by atoms with Crippen molar-refractivity contribution < 1.29 is 14.3 Å². The number of carbonyl (C=O) groups is 2. The molecule has 1 aliphatic heterocycles. The maximum Gasteiger partial charge on any atom is 0.270 e. The van der Waals surface area contributed by atoms with Gasteiger partial charge in [0.1, 0.15) is 11.3 Å². The van der Waals surface area contributed by atoms with E-state index in [4.69, 9.17) is 17.0 Å². The van der Waals surface area contributed by atoms with Gasteiger partial charge in [0.05, 0.1) is 12.3 Å². The maximum atomic E-state index is 12.9. The molecule has 0 spiro atoms. The number of carbonyl (C=O) groups excluding carboxylic acids is 2. The first-order chi connectivity index (χ1) is 12.1. The van der Waals surface area contributed by atoms with E-state index in [1.54, 1.807) is 36.4 Å². The summed E-state index contributed by atoms with van der Waals surface area (Å²) in [6.07, 6.45) is 1.53. The van der Waals surface area contributed by atoms with Gasteiger partial charge in [0.25, 0.3) is 11.8 Å². The molecule has 0 radical (unpaired) electrons. The molecule has 1 N–H and O–H groups in total. The summed E-state index contributed by atoms with van der Waals surface area (Å²) in [5.74, 6) is -0.378. The Bertz CT molecular complexity index is 862. The molecule has 1 fully saturated rings. The third-order valence-corrected chi connectivity index (χ3v) is 3.92. The second-order valence-corrected chi connectivity index (χ2v) is 5.65. The molecule has 0 saturated carbocycles. The van der Waals surface area contributed by atoms with Crippen molar-refractivity contribution in [1.29, 1.82) is 0 Å². The second-order valence-electron chi connectivity index (χ2n) is 5.26. The molecule has 1 heterocycles. The van der Waals surface area contributed by atoms with Crippen LogP contribution in [0.5, 0.6) is 5.75 Å². The smallest absolute Gasteiger partial charge is 0.270 e. The van der Waals surface area contributed by atoms with Crippen LogP contribution < -0.4 is 15.0 Å². The van der Waals surface area contributed by atoms with Gasteiger partial charge in [0.2, 0.25) is 0 Å². The van der Waals surface area contributed by atoms with Gasteiger partial charge in [0, 0.05) is 5.56 Å². The second kappa shape index (κ2) is 7.27. The van der Waals surface area contributed by atoms with Crippen molar-refractivity contribution in [2.45, 2.75) is 6.92 Å². The van der Waals surface area contributed by atoms with E-state index >= 15 is 0 Å². The number of anilines is 1.